The minimum absolute atomic E-state index is 0.232. The lowest BCUT2D eigenvalue weighted by atomic mass is 10.1. The highest BCUT2D eigenvalue weighted by molar-refractivity contribution is 5.93. The molecule has 1 saturated heterocycles. The average Bonchev–Trinajstić information content (AvgIpc) is 2.97. The van der Waals surface area contributed by atoms with Crippen LogP contribution in [-0.4, -0.2) is 25.2 Å². The first-order chi connectivity index (χ1) is 8.33. The van der Waals surface area contributed by atoms with Crippen LogP contribution in [0.25, 0.3) is 0 Å². The average molecular weight is 233 g/mol. The Bertz CT molecular complexity index is 438. The second-order valence-corrected chi connectivity index (χ2v) is 4.50. The second-order valence-electron chi connectivity index (χ2n) is 4.50. The molecule has 1 aromatic rings. The minimum Gasteiger partial charge on any atom is -0.492 e. The standard InChI is InChI=1S/C13H15NO3/c15-13-12-4-3-11(6-9(12)7-17-13)16-8-10-2-1-5-14-10/h3-4,6,10,14H,1-2,5,7-8H2/t10-/m0/s1. The molecule has 0 amide bonds. The van der Waals surface area contributed by atoms with Crippen LogP contribution >= 0.6 is 0 Å². The van der Waals surface area contributed by atoms with E-state index in [0.717, 1.165) is 17.9 Å². The molecule has 0 bridgehead atoms. The largest absolute Gasteiger partial charge is 0.492 e. The second kappa shape index (κ2) is 4.37. The van der Waals surface area contributed by atoms with Gasteiger partial charge in [0.2, 0.25) is 0 Å². The number of fused-ring (bicyclic) bond motifs is 1. The molecular formula is C13H15NO3. The highest BCUT2D eigenvalue weighted by atomic mass is 16.5. The summed E-state index contributed by atoms with van der Waals surface area (Å²) in [5.74, 6) is 0.583. The van der Waals surface area contributed by atoms with E-state index in [1.165, 1.54) is 12.8 Å². The number of hydrogen-bond donors (Lipinski definition) is 1. The molecule has 0 aliphatic carbocycles. The van der Waals surface area contributed by atoms with Crippen molar-refractivity contribution in [1.82, 2.24) is 5.32 Å². The van der Waals surface area contributed by atoms with E-state index in [-0.39, 0.29) is 5.97 Å². The van der Waals surface area contributed by atoms with Crippen LogP contribution in [0.4, 0.5) is 0 Å². The number of carbonyl (C=O) groups excluding carboxylic acids is 1. The van der Waals surface area contributed by atoms with Crippen molar-refractivity contribution < 1.29 is 14.3 Å². The van der Waals surface area contributed by atoms with E-state index in [1.54, 1.807) is 6.07 Å². The Hall–Kier alpha value is -1.55. The Kier molecular flexibility index (Phi) is 2.73. The van der Waals surface area contributed by atoms with E-state index in [9.17, 15) is 4.79 Å². The minimum atomic E-state index is -0.232. The van der Waals surface area contributed by atoms with Crippen molar-refractivity contribution in [3.05, 3.63) is 29.3 Å². The molecule has 17 heavy (non-hydrogen) atoms. The number of ether oxygens (including phenoxy) is 2. The molecule has 0 aromatic heterocycles. The summed E-state index contributed by atoms with van der Waals surface area (Å²) in [6.45, 7) is 2.14. The number of cyclic esters (lactones) is 1. The van der Waals surface area contributed by atoms with E-state index < -0.39 is 0 Å². The maximum Gasteiger partial charge on any atom is 0.338 e. The number of nitrogens with one attached hydrogen (secondary N) is 1. The first-order valence-electron chi connectivity index (χ1n) is 5.99. The van der Waals surface area contributed by atoms with Gasteiger partial charge in [0.15, 0.2) is 0 Å². The van der Waals surface area contributed by atoms with Crippen LogP contribution < -0.4 is 10.1 Å². The Morgan fingerprint density at radius 3 is 3.24 bits per heavy atom. The number of benzene rings is 1. The third kappa shape index (κ3) is 2.13. The van der Waals surface area contributed by atoms with Crippen LogP contribution in [0.3, 0.4) is 0 Å². The van der Waals surface area contributed by atoms with Gasteiger partial charge in [0.1, 0.15) is 19.0 Å². The number of hydrogen-bond acceptors (Lipinski definition) is 4. The van der Waals surface area contributed by atoms with Crippen molar-refractivity contribution in [2.45, 2.75) is 25.5 Å². The van der Waals surface area contributed by atoms with Crippen molar-refractivity contribution in [3.8, 4) is 5.75 Å². The maximum absolute atomic E-state index is 11.3. The van der Waals surface area contributed by atoms with Crippen LogP contribution in [0.5, 0.6) is 5.75 Å². The summed E-state index contributed by atoms with van der Waals surface area (Å²) in [4.78, 5) is 11.3. The summed E-state index contributed by atoms with van der Waals surface area (Å²) in [6.07, 6.45) is 2.40. The van der Waals surface area contributed by atoms with Crippen LogP contribution in [0.15, 0.2) is 18.2 Å². The fourth-order valence-corrected chi connectivity index (χ4v) is 2.30. The summed E-state index contributed by atoms with van der Waals surface area (Å²) < 4.78 is 10.7. The zero-order valence-electron chi connectivity index (χ0n) is 9.57. The molecule has 0 radical (unpaired) electrons. The lowest BCUT2D eigenvalue weighted by molar-refractivity contribution is 0.0535. The smallest absolute Gasteiger partial charge is 0.338 e. The maximum atomic E-state index is 11.3. The molecule has 1 N–H and O–H groups in total. The van der Waals surface area contributed by atoms with E-state index in [1.807, 2.05) is 12.1 Å². The highest BCUT2D eigenvalue weighted by Gasteiger charge is 2.21. The van der Waals surface area contributed by atoms with Gasteiger partial charge >= 0.3 is 5.97 Å². The van der Waals surface area contributed by atoms with Gasteiger partial charge in [0, 0.05) is 11.6 Å². The molecule has 1 fully saturated rings. The molecule has 4 nitrogen and oxygen atoms in total. The topological polar surface area (TPSA) is 47.6 Å². The third-order valence-electron chi connectivity index (χ3n) is 3.27. The Labute approximate surface area is 99.9 Å². The molecule has 2 aliphatic rings. The first-order valence-corrected chi connectivity index (χ1v) is 5.99. The van der Waals surface area contributed by atoms with Gasteiger partial charge in [0.25, 0.3) is 0 Å². The van der Waals surface area contributed by atoms with E-state index in [0.29, 0.717) is 24.8 Å². The summed E-state index contributed by atoms with van der Waals surface area (Å²) in [5, 5.41) is 3.38. The molecule has 0 spiro atoms. The van der Waals surface area contributed by atoms with Crippen LogP contribution in [0, 0.1) is 0 Å². The van der Waals surface area contributed by atoms with Gasteiger partial charge in [-0.15, -0.1) is 0 Å². The lowest BCUT2D eigenvalue weighted by Crippen LogP contribution is -2.28. The van der Waals surface area contributed by atoms with E-state index in [4.69, 9.17) is 9.47 Å². The predicted molar refractivity (Wildman–Crippen MR) is 62.1 cm³/mol. The molecule has 1 aromatic carbocycles. The van der Waals surface area contributed by atoms with Crippen molar-refractivity contribution in [3.63, 3.8) is 0 Å². The van der Waals surface area contributed by atoms with Gasteiger partial charge in [-0.1, -0.05) is 0 Å². The molecule has 0 saturated carbocycles. The number of esters is 1. The van der Waals surface area contributed by atoms with Crippen molar-refractivity contribution >= 4 is 5.97 Å². The molecule has 1 atom stereocenters. The van der Waals surface area contributed by atoms with Gasteiger partial charge in [-0.25, -0.2) is 4.79 Å². The van der Waals surface area contributed by atoms with Crippen molar-refractivity contribution in [2.24, 2.45) is 0 Å². The van der Waals surface area contributed by atoms with Gasteiger partial charge in [-0.3, -0.25) is 0 Å². The van der Waals surface area contributed by atoms with Gasteiger partial charge in [-0.05, 0) is 37.6 Å². The van der Waals surface area contributed by atoms with Crippen molar-refractivity contribution in [2.75, 3.05) is 13.2 Å². The van der Waals surface area contributed by atoms with Crippen LogP contribution in [0.2, 0.25) is 0 Å². The first kappa shape index (κ1) is 10.6. The summed E-state index contributed by atoms with van der Waals surface area (Å²) in [6, 6.07) is 5.97. The lowest BCUT2D eigenvalue weighted by Gasteiger charge is -2.12. The number of rotatable bonds is 3. The molecule has 2 aliphatic heterocycles. The zero-order valence-corrected chi connectivity index (χ0v) is 9.57. The SMILES string of the molecule is O=C1OCc2cc(OC[C@@H]3CCCN3)ccc21. The zero-order chi connectivity index (χ0) is 11.7. The summed E-state index contributed by atoms with van der Waals surface area (Å²) >= 11 is 0. The Morgan fingerprint density at radius 2 is 2.41 bits per heavy atom. The Morgan fingerprint density at radius 1 is 1.47 bits per heavy atom. The fraction of sp³-hybridized carbons (Fsp3) is 0.462. The summed E-state index contributed by atoms with van der Waals surface area (Å²) in [5.41, 5.74) is 1.59. The van der Waals surface area contributed by atoms with E-state index in [2.05, 4.69) is 5.32 Å². The molecule has 2 heterocycles. The monoisotopic (exact) mass is 233 g/mol. The normalized spacial score (nSPS) is 22.4. The number of carbonyl (C=O) groups is 1. The predicted octanol–water partition coefficient (Wildman–Crippen LogP) is 1.49. The van der Waals surface area contributed by atoms with E-state index >= 15 is 0 Å². The Balaban J connectivity index is 1.66. The molecule has 4 heteroatoms. The quantitative estimate of drug-likeness (QED) is 0.803. The van der Waals surface area contributed by atoms with Gasteiger partial charge in [-0.2, -0.15) is 0 Å². The molecule has 0 unspecified atom stereocenters. The van der Waals surface area contributed by atoms with Gasteiger partial charge < -0.3 is 14.8 Å². The van der Waals surface area contributed by atoms with Crippen molar-refractivity contribution in [1.29, 1.82) is 0 Å². The van der Waals surface area contributed by atoms with Crippen LogP contribution in [0.1, 0.15) is 28.8 Å². The van der Waals surface area contributed by atoms with Crippen LogP contribution in [-0.2, 0) is 11.3 Å². The molecule has 3 rings (SSSR count). The van der Waals surface area contributed by atoms with Gasteiger partial charge in [0.05, 0.1) is 5.56 Å². The highest BCUT2D eigenvalue weighted by Crippen LogP contribution is 2.24. The summed E-state index contributed by atoms with van der Waals surface area (Å²) in [7, 11) is 0. The third-order valence-corrected chi connectivity index (χ3v) is 3.27. The fourth-order valence-electron chi connectivity index (χ4n) is 2.30. The molecule has 90 valence electrons. The molecular weight excluding hydrogens is 218 g/mol.